The van der Waals surface area contributed by atoms with Crippen molar-refractivity contribution >= 4 is 32.8 Å². The second-order valence-electron chi connectivity index (χ2n) is 4.72. The molecule has 1 aromatic carbocycles. The van der Waals surface area contributed by atoms with Gasteiger partial charge in [0, 0.05) is 24.4 Å². The van der Waals surface area contributed by atoms with E-state index in [2.05, 4.69) is 11.5 Å². The summed E-state index contributed by atoms with van der Waals surface area (Å²) < 4.78 is 34.6. The van der Waals surface area contributed by atoms with E-state index in [-0.39, 0.29) is 5.75 Å². The first-order valence-corrected chi connectivity index (χ1v) is 8.45. The third kappa shape index (κ3) is 3.13. The van der Waals surface area contributed by atoms with Crippen LogP contribution in [0, 0.1) is 6.92 Å². The minimum atomic E-state index is -3.91. The third-order valence-electron chi connectivity index (χ3n) is 3.40. The van der Waals surface area contributed by atoms with Crippen LogP contribution in [0.1, 0.15) is 19.2 Å². The Bertz CT molecular complexity index is 738. The Morgan fingerprint density at radius 3 is 2.70 bits per heavy atom. The van der Waals surface area contributed by atoms with E-state index in [1.807, 2.05) is 29.7 Å². The fourth-order valence-corrected chi connectivity index (χ4v) is 3.18. The molecule has 0 saturated heterocycles. The van der Waals surface area contributed by atoms with E-state index in [1.165, 1.54) is 0 Å². The van der Waals surface area contributed by atoms with Crippen molar-refractivity contribution in [3.05, 3.63) is 29.0 Å². The fraction of sp³-hybridized carbons (Fsp3) is 0.462. The number of nitrogens with zero attached hydrogens (tertiary/aromatic N) is 2. The van der Waals surface area contributed by atoms with Gasteiger partial charge in [-0.3, -0.25) is 4.55 Å². The van der Waals surface area contributed by atoms with Gasteiger partial charge in [-0.05, 0) is 19.1 Å². The maximum absolute atomic E-state index is 10.8. The average Bonchev–Trinajstić information content (AvgIpc) is 2.60. The highest BCUT2D eigenvalue weighted by Crippen LogP contribution is 2.20. The van der Waals surface area contributed by atoms with Crippen LogP contribution in [0.2, 0.25) is 5.02 Å². The van der Waals surface area contributed by atoms with E-state index >= 15 is 0 Å². The standard InChI is InChI=1S/C13H17ClN2O3S/c1-3-15-10(2)16(7-4-8-20(17,18)19)13-9-11(14)5-6-12(13)15/h5-6,9H,3-4,7-8H2,1-2H3/p+1. The molecule has 0 bridgehead atoms. The number of halogens is 1. The highest BCUT2D eigenvalue weighted by molar-refractivity contribution is 7.85. The lowest BCUT2D eigenvalue weighted by atomic mass is 10.3. The van der Waals surface area contributed by atoms with Crippen LogP contribution >= 0.6 is 11.6 Å². The molecule has 0 amide bonds. The zero-order chi connectivity index (χ0) is 14.9. The van der Waals surface area contributed by atoms with Crippen molar-refractivity contribution in [1.82, 2.24) is 4.57 Å². The van der Waals surface area contributed by atoms with Crippen LogP contribution in [0.3, 0.4) is 0 Å². The Labute approximate surface area is 123 Å². The molecule has 0 unspecified atom stereocenters. The van der Waals surface area contributed by atoms with E-state index in [0.29, 0.717) is 18.0 Å². The quantitative estimate of drug-likeness (QED) is 0.679. The Hall–Kier alpha value is -1.11. The number of imidazole rings is 1. The van der Waals surface area contributed by atoms with E-state index in [9.17, 15) is 8.42 Å². The summed E-state index contributed by atoms with van der Waals surface area (Å²) in [7, 11) is -3.91. The van der Waals surface area contributed by atoms with E-state index in [1.54, 1.807) is 0 Å². The molecule has 5 nitrogen and oxygen atoms in total. The van der Waals surface area contributed by atoms with Gasteiger partial charge in [0.25, 0.3) is 15.9 Å². The molecule has 0 saturated carbocycles. The summed E-state index contributed by atoms with van der Waals surface area (Å²) in [5.41, 5.74) is 2.05. The van der Waals surface area contributed by atoms with Gasteiger partial charge in [-0.25, -0.2) is 9.13 Å². The first-order chi connectivity index (χ1) is 9.33. The highest BCUT2D eigenvalue weighted by atomic mass is 35.5. The van der Waals surface area contributed by atoms with Crippen LogP contribution in [-0.2, 0) is 23.2 Å². The van der Waals surface area contributed by atoms with E-state index < -0.39 is 10.1 Å². The minimum absolute atomic E-state index is 0.237. The smallest absolute Gasteiger partial charge is 0.265 e. The summed E-state index contributed by atoms with van der Waals surface area (Å²) in [5.74, 6) is 0.804. The summed E-state index contributed by atoms with van der Waals surface area (Å²) in [6.45, 7) is 5.40. The molecule has 0 fully saturated rings. The molecule has 0 radical (unpaired) electrons. The Morgan fingerprint density at radius 2 is 2.10 bits per heavy atom. The van der Waals surface area contributed by atoms with Gasteiger partial charge in [-0.15, -0.1) is 0 Å². The number of benzene rings is 1. The maximum Gasteiger partial charge on any atom is 0.265 e. The molecule has 0 aliphatic carbocycles. The average molecular weight is 318 g/mol. The van der Waals surface area contributed by atoms with E-state index in [4.69, 9.17) is 16.2 Å². The van der Waals surface area contributed by atoms with Crippen molar-refractivity contribution in [3.8, 4) is 0 Å². The molecule has 0 atom stereocenters. The van der Waals surface area contributed by atoms with Crippen molar-refractivity contribution in [3.63, 3.8) is 0 Å². The van der Waals surface area contributed by atoms with Crippen LogP contribution in [-0.4, -0.2) is 23.3 Å². The van der Waals surface area contributed by atoms with Crippen LogP contribution in [0.5, 0.6) is 0 Å². The van der Waals surface area contributed by atoms with Crippen molar-refractivity contribution in [2.45, 2.75) is 33.4 Å². The van der Waals surface area contributed by atoms with Crippen LogP contribution < -0.4 is 4.57 Å². The molecule has 1 N–H and O–H groups in total. The zero-order valence-corrected chi connectivity index (χ0v) is 13.1. The Balaban J connectivity index is 2.41. The Morgan fingerprint density at radius 1 is 1.40 bits per heavy atom. The Kier molecular flexibility index (Phi) is 4.36. The maximum atomic E-state index is 10.8. The second kappa shape index (κ2) is 5.71. The summed E-state index contributed by atoms with van der Waals surface area (Å²) in [6, 6.07) is 5.69. The molecule has 0 aliphatic heterocycles. The lowest BCUT2D eigenvalue weighted by Crippen LogP contribution is -2.35. The molecular formula is C13H18ClN2O3S+. The third-order valence-corrected chi connectivity index (χ3v) is 4.44. The SMILES string of the molecule is CC[n+]1c(C)n(CCCS(=O)(=O)O)c2cc(Cl)ccc21. The lowest BCUT2D eigenvalue weighted by molar-refractivity contribution is -0.675. The summed E-state index contributed by atoms with van der Waals surface area (Å²) in [6.07, 6.45) is 0.361. The number of hydrogen-bond acceptors (Lipinski definition) is 2. The molecule has 1 heterocycles. The first kappa shape index (κ1) is 15.3. The topological polar surface area (TPSA) is 63.2 Å². The number of fused-ring (bicyclic) bond motifs is 1. The number of aromatic nitrogens is 2. The predicted octanol–water partition coefficient (Wildman–Crippen LogP) is 2.19. The van der Waals surface area contributed by atoms with Crippen LogP contribution in [0.25, 0.3) is 11.0 Å². The van der Waals surface area contributed by atoms with Crippen molar-refractivity contribution < 1.29 is 17.5 Å². The normalized spacial score (nSPS) is 12.2. The van der Waals surface area contributed by atoms with Gasteiger partial charge in [0.1, 0.15) is 0 Å². The van der Waals surface area contributed by atoms with Gasteiger partial charge in [0.05, 0.1) is 18.8 Å². The predicted molar refractivity (Wildman–Crippen MR) is 78.6 cm³/mol. The summed E-state index contributed by atoms with van der Waals surface area (Å²) in [5, 5.41) is 0.647. The van der Waals surface area contributed by atoms with Crippen molar-refractivity contribution in [2.75, 3.05) is 5.75 Å². The molecule has 7 heteroatoms. The molecule has 20 heavy (non-hydrogen) atoms. The molecular weight excluding hydrogens is 300 g/mol. The molecule has 2 rings (SSSR count). The minimum Gasteiger partial charge on any atom is -0.286 e. The zero-order valence-electron chi connectivity index (χ0n) is 11.5. The van der Waals surface area contributed by atoms with Gasteiger partial charge >= 0.3 is 0 Å². The van der Waals surface area contributed by atoms with Gasteiger partial charge in [-0.1, -0.05) is 11.6 Å². The molecule has 2 aromatic rings. The molecule has 1 aromatic heterocycles. The van der Waals surface area contributed by atoms with E-state index in [0.717, 1.165) is 23.4 Å². The fourth-order valence-electron chi connectivity index (χ4n) is 2.52. The van der Waals surface area contributed by atoms with Crippen molar-refractivity contribution in [1.29, 1.82) is 0 Å². The van der Waals surface area contributed by atoms with Crippen LogP contribution in [0.15, 0.2) is 18.2 Å². The molecule has 0 spiro atoms. The van der Waals surface area contributed by atoms with Gasteiger partial charge in [-0.2, -0.15) is 8.42 Å². The van der Waals surface area contributed by atoms with Crippen molar-refractivity contribution in [2.24, 2.45) is 0 Å². The van der Waals surface area contributed by atoms with Gasteiger partial charge in [0.15, 0.2) is 11.0 Å². The summed E-state index contributed by atoms with van der Waals surface area (Å²) in [4.78, 5) is 0. The van der Waals surface area contributed by atoms with Gasteiger partial charge in [0.2, 0.25) is 0 Å². The summed E-state index contributed by atoms with van der Waals surface area (Å²) >= 11 is 6.04. The van der Waals surface area contributed by atoms with Crippen LogP contribution in [0.4, 0.5) is 0 Å². The number of aryl methyl sites for hydroxylation is 2. The monoisotopic (exact) mass is 317 g/mol. The largest absolute Gasteiger partial charge is 0.286 e. The molecule has 0 aliphatic rings. The van der Waals surface area contributed by atoms with Gasteiger partial charge < -0.3 is 0 Å². The number of hydrogen-bond donors (Lipinski definition) is 1. The second-order valence-corrected chi connectivity index (χ2v) is 6.72. The lowest BCUT2D eigenvalue weighted by Gasteiger charge is -2.00. The highest BCUT2D eigenvalue weighted by Gasteiger charge is 2.21. The molecule has 110 valence electrons. The first-order valence-electron chi connectivity index (χ1n) is 6.47. The number of rotatable bonds is 5.